The molecule has 1 aromatic rings. The van der Waals surface area contributed by atoms with Gasteiger partial charge in [0.2, 0.25) is 0 Å². The summed E-state index contributed by atoms with van der Waals surface area (Å²) in [6.07, 6.45) is 4.74. The van der Waals surface area contributed by atoms with Crippen molar-refractivity contribution >= 4 is 6.08 Å². The molecule has 0 N–H and O–H groups in total. The van der Waals surface area contributed by atoms with E-state index in [1.165, 1.54) is 6.07 Å². The van der Waals surface area contributed by atoms with Crippen LogP contribution in [-0.4, -0.2) is 0 Å². The van der Waals surface area contributed by atoms with E-state index < -0.39 is 0 Å². The Kier molecular flexibility index (Phi) is 2.86. The topological polar surface area (TPSA) is 30.2 Å². The van der Waals surface area contributed by atoms with Crippen LogP contribution in [-0.2, 0) is 0 Å². The maximum absolute atomic E-state index is 10.8. The lowest BCUT2D eigenvalue weighted by Crippen LogP contribution is -1.97. The van der Waals surface area contributed by atoms with E-state index in [1.54, 1.807) is 6.07 Å². The predicted octanol–water partition coefficient (Wildman–Crippen LogP) is 2.37. The second kappa shape index (κ2) is 3.90. The van der Waals surface area contributed by atoms with Crippen molar-refractivity contribution in [2.75, 3.05) is 0 Å². The van der Waals surface area contributed by atoms with Crippen LogP contribution in [0.15, 0.2) is 27.4 Å². The summed E-state index contributed by atoms with van der Waals surface area (Å²) in [6.45, 7) is 3.95. The second-order valence-corrected chi connectivity index (χ2v) is 2.61. The zero-order chi connectivity index (χ0) is 8.97. The molecule has 1 rings (SSSR count). The zero-order valence-electron chi connectivity index (χ0n) is 7.33. The molecule has 64 valence electrons. The first kappa shape index (κ1) is 8.78. The molecule has 0 atom stereocenters. The molecule has 0 saturated carbocycles. The first-order chi connectivity index (χ1) is 5.74. The molecule has 2 heteroatoms. The summed E-state index contributed by atoms with van der Waals surface area (Å²) in [5.41, 5.74) is 0.690. The van der Waals surface area contributed by atoms with Crippen LogP contribution in [0.1, 0.15) is 24.7 Å². The third-order valence-electron chi connectivity index (χ3n) is 1.57. The highest BCUT2D eigenvalue weighted by Crippen LogP contribution is 2.06. The number of aryl methyl sites for hydroxylation is 1. The van der Waals surface area contributed by atoms with Gasteiger partial charge >= 0.3 is 5.63 Å². The van der Waals surface area contributed by atoms with Gasteiger partial charge in [-0.3, -0.25) is 0 Å². The van der Waals surface area contributed by atoms with E-state index >= 15 is 0 Å². The lowest BCUT2D eigenvalue weighted by molar-refractivity contribution is 0.497. The molecule has 0 fully saturated rings. The highest BCUT2D eigenvalue weighted by molar-refractivity contribution is 5.46. The maximum Gasteiger partial charge on any atom is 0.336 e. The van der Waals surface area contributed by atoms with E-state index in [9.17, 15) is 4.79 Å². The molecular formula is C10H12O2. The van der Waals surface area contributed by atoms with Crippen LogP contribution in [0.4, 0.5) is 0 Å². The molecule has 12 heavy (non-hydrogen) atoms. The smallest absolute Gasteiger partial charge is 0.336 e. The van der Waals surface area contributed by atoms with Crippen molar-refractivity contribution < 1.29 is 4.42 Å². The molecule has 0 amide bonds. The molecule has 0 aliphatic carbocycles. The minimum absolute atomic E-state index is 0.295. The zero-order valence-corrected chi connectivity index (χ0v) is 7.33. The lowest BCUT2D eigenvalue weighted by Gasteiger charge is -1.95. The number of allylic oxidation sites excluding steroid dienone is 1. The van der Waals surface area contributed by atoms with Crippen LogP contribution in [0.25, 0.3) is 6.08 Å². The van der Waals surface area contributed by atoms with Crippen LogP contribution in [0.3, 0.4) is 0 Å². The number of hydrogen-bond donors (Lipinski definition) is 0. The van der Waals surface area contributed by atoms with E-state index in [-0.39, 0.29) is 5.63 Å². The van der Waals surface area contributed by atoms with Gasteiger partial charge in [0.05, 0.1) is 0 Å². The Hall–Kier alpha value is -1.31. The predicted molar refractivity (Wildman–Crippen MR) is 49.0 cm³/mol. The Balaban J connectivity index is 3.05. The van der Waals surface area contributed by atoms with Crippen molar-refractivity contribution in [1.29, 1.82) is 0 Å². The fraction of sp³-hybridized carbons (Fsp3) is 0.300. The molecule has 0 spiro atoms. The van der Waals surface area contributed by atoms with E-state index in [1.807, 2.05) is 26.0 Å². The van der Waals surface area contributed by atoms with Crippen molar-refractivity contribution in [3.05, 3.63) is 40.0 Å². The first-order valence-electron chi connectivity index (χ1n) is 4.01. The van der Waals surface area contributed by atoms with E-state index in [2.05, 4.69) is 0 Å². The Morgan fingerprint density at radius 3 is 2.92 bits per heavy atom. The van der Waals surface area contributed by atoms with E-state index in [4.69, 9.17) is 4.42 Å². The summed E-state index contributed by atoms with van der Waals surface area (Å²) in [7, 11) is 0. The van der Waals surface area contributed by atoms with Crippen molar-refractivity contribution in [3.8, 4) is 0 Å². The number of hydrogen-bond acceptors (Lipinski definition) is 2. The molecule has 1 heterocycles. The molecule has 0 saturated heterocycles. The fourth-order valence-electron chi connectivity index (χ4n) is 0.888. The number of rotatable bonds is 2. The monoisotopic (exact) mass is 164 g/mol. The Morgan fingerprint density at radius 2 is 2.25 bits per heavy atom. The summed E-state index contributed by atoms with van der Waals surface area (Å²) < 4.78 is 4.97. The van der Waals surface area contributed by atoms with E-state index in [0.717, 1.165) is 12.0 Å². The van der Waals surface area contributed by atoms with E-state index in [0.29, 0.717) is 5.76 Å². The third kappa shape index (κ3) is 2.09. The second-order valence-electron chi connectivity index (χ2n) is 2.61. The molecule has 0 aliphatic rings. The Bertz CT molecular complexity index is 334. The fourth-order valence-corrected chi connectivity index (χ4v) is 0.888. The molecular weight excluding hydrogens is 152 g/mol. The SMILES string of the molecule is CC/C=C\c1oc(=O)ccc1C. The molecule has 0 unspecified atom stereocenters. The van der Waals surface area contributed by atoms with Crippen molar-refractivity contribution in [2.45, 2.75) is 20.3 Å². The van der Waals surface area contributed by atoms with Crippen LogP contribution < -0.4 is 5.63 Å². The molecule has 0 aromatic carbocycles. The minimum atomic E-state index is -0.295. The highest BCUT2D eigenvalue weighted by atomic mass is 16.4. The maximum atomic E-state index is 10.8. The Labute approximate surface area is 71.5 Å². The Morgan fingerprint density at radius 1 is 1.50 bits per heavy atom. The van der Waals surface area contributed by atoms with Gasteiger partial charge in [0.1, 0.15) is 5.76 Å². The molecule has 0 radical (unpaired) electrons. The van der Waals surface area contributed by atoms with Crippen LogP contribution in [0, 0.1) is 6.92 Å². The van der Waals surface area contributed by atoms with Gasteiger partial charge in [0.15, 0.2) is 0 Å². The molecule has 1 aromatic heterocycles. The van der Waals surface area contributed by atoms with Crippen LogP contribution in [0.2, 0.25) is 0 Å². The first-order valence-corrected chi connectivity index (χ1v) is 4.01. The third-order valence-corrected chi connectivity index (χ3v) is 1.57. The van der Waals surface area contributed by atoms with Crippen molar-refractivity contribution in [3.63, 3.8) is 0 Å². The summed E-state index contributed by atoms with van der Waals surface area (Å²) in [6, 6.07) is 3.19. The average Bonchev–Trinajstić information content (AvgIpc) is 2.07. The van der Waals surface area contributed by atoms with Gasteiger partial charge in [0, 0.05) is 6.07 Å². The van der Waals surface area contributed by atoms with Crippen molar-refractivity contribution in [2.24, 2.45) is 0 Å². The summed E-state index contributed by atoms with van der Waals surface area (Å²) >= 11 is 0. The minimum Gasteiger partial charge on any atom is -0.423 e. The van der Waals surface area contributed by atoms with Gasteiger partial charge in [0.25, 0.3) is 0 Å². The largest absolute Gasteiger partial charge is 0.423 e. The molecule has 2 nitrogen and oxygen atoms in total. The van der Waals surface area contributed by atoms with Gasteiger partial charge in [-0.2, -0.15) is 0 Å². The normalized spacial score (nSPS) is 10.8. The standard InChI is InChI=1S/C10H12O2/c1-3-4-5-9-8(2)6-7-10(11)12-9/h4-7H,3H2,1-2H3/b5-4-. The van der Waals surface area contributed by atoms with Crippen molar-refractivity contribution in [1.82, 2.24) is 0 Å². The average molecular weight is 164 g/mol. The van der Waals surface area contributed by atoms with Gasteiger partial charge < -0.3 is 4.42 Å². The van der Waals surface area contributed by atoms with Gasteiger partial charge in [-0.25, -0.2) is 4.79 Å². The lowest BCUT2D eigenvalue weighted by atomic mass is 10.2. The summed E-state index contributed by atoms with van der Waals surface area (Å²) in [5.74, 6) is 0.657. The van der Waals surface area contributed by atoms with Gasteiger partial charge in [-0.1, -0.05) is 13.0 Å². The van der Waals surface area contributed by atoms with Gasteiger partial charge in [-0.05, 0) is 31.1 Å². The quantitative estimate of drug-likeness (QED) is 0.671. The molecule has 0 aliphatic heterocycles. The van der Waals surface area contributed by atoms with Crippen LogP contribution in [0.5, 0.6) is 0 Å². The highest BCUT2D eigenvalue weighted by Gasteiger charge is 1.95. The molecule has 0 bridgehead atoms. The van der Waals surface area contributed by atoms with Crippen LogP contribution >= 0.6 is 0 Å². The summed E-state index contributed by atoms with van der Waals surface area (Å²) in [5, 5.41) is 0. The van der Waals surface area contributed by atoms with Gasteiger partial charge in [-0.15, -0.1) is 0 Å². The summed E-state index contributed by atoms with van der Waals surface area (Å²) in [4.78, 5) is 10.8.